The van der Waals surface area contributed by atoms with E-state index >= 15 is 0 Å². The number of nitrogens with one attached hydrogen (secondary N) is 2. The second kappa shape index (κ2) is 9.22. The van der Waals surface area contributed by atoms with Gasteiger partial charge in [-0.1, -0.05) is 35.3 Å². The van der Waals surface area contributed by atoms with Crippen LogP contribution >= 0.6 is 23.2 Å². The number of hydrogen-bond acceptors (Lipinski definition) is 4. The summed E-state index contributed by atoms with van der Waals surface area (Å²) in [5.74, 6) is 1.56. The van der Waals surface area contributed by atoms with Crippen molar-refractivity contribution in [2.75, 3.05) is 5.32 Å². The standard InChI is InChI=1S/C23H18Cl2N2O3/c24-19-9-5-16(12-20(19)25)21-10-8-18(30-21)14-26-13-15-3-6-17(7-4-15)27-23(28)22-2-1-11-29-22/h1-12,26H,13-14H2,(H,27,28). The van der Waals surface area contributed by atoms with Crippen LogP contribution in [0, 0.1) is 0 Å². The lowest BCUT2D eigenvalue weighted by Gasteiger charge is -2.06. The fourth-order valence-electron chi connectivity index (χ4n) is 2.91. The predicted molar refractivity (Wildman–Crippen MR) is 118 cm³/mol. The second-order valence-electron chi connectivity index (χ2n) is 6.63. The van der Waals surface area contributed by atoms with E-state index in [2.05, 4.69) is 10.6 Å². The van der Waals surface area contributed by atoms with Crippen molar-refractivity contribution in [1.82, 2.24) is 5.32 Å². The summed E-state index contributed by atoms with van der Waals surface area (Å²) in [6, 6.07) is 20.2. The lowest BCUT2D eigenvalue weighted by Crippen LogP contribution is -2.13. The number of amides is 1. The van der Waals surface area contributed by atoms with E-state index in [-0.39, 0.29) is 11.7 Å². The Kier molecular flexibility index (Phi) is 6.23. The summed E-state index contributed by atoms with van der Waals surface area (Å²) < 4.78 is 11.0. The summed E-state index contributed by atoms with van der Waals surface area (Å²) in [4.78, 5) is 12.0. The molecule has 30 heavy (non-hydrogen) atoms. The third-order valence-corrected chi connectivity index (χ3v) is 5.19. The number of halogens is 2. The molecule has 0 radical (unpaired) electrons. The monoisotopic (exact) mass is 440 g/mol. The summed E-state index contributed by atoms with van der Waals surface area (Å²) in [5, 5.41) is 7.14. The van der Waals surface area contributed by atoms with Gasteiger partial charge in [0.05, 0.1) is 22.9 Å². The van der Waals surface area contributed by atoms with E-state index in [0.717, 1.165) is 22.6 Å². The zero-order chi connectivity index (χ0) is 20.9. The molecule has 0 atom stereocenters. The number of hydrogen-bond donors (Lipinski definition) is 2. The minimum absolute atomic E-state index is 0.276. The number of anilines is 1. The number of rotatable bonds is 7. The van der Waals surface area contributed by atoms with Gasteiger partial charge in [0.25, 0.3) is 5.91 Å². The summed E-state index contributed by atoms with van der Waals surface area (Å²) in [6.45, 7) is 1.24. The molecule has 2 aromatic heterocycles. The SMILES string of the molecule is O=C(Nc1ccc(CNCc2ccc(-c3ccc(Cl)c(Cl)c3)o2)cc1)c1ccco1. The van der Waals surface area contributed by atoms with Gasteiger partial charge in [-0.25, -0.2) is 0 Å². The van der Waals surface area contributed by atoms with Crippen molar-refractivity contribution >= 4 is 34.8 Å². The highest BCUT2D eigenvalue weighted by Crippen LogP contribution is 2.29. The Morgan fingerprint density at radius 1 is 0.900 bits per heavy atom. The molecule has 0 fully saturated rings. The van der Waals surface area contributed by atoms with Gasteiger partial charge < -0.3 is 19.5 Å². The Morgan fingerprint density at radius 2 is 1.73 bits per heavy atom. The molecule has 0 aliphatic heterocycles. The van der Waals surface area contributed by atoms with Crippen LogP contribution in [-0.4, -0.2) is 5.91 Å². The highest BCUT2D eigenvalue weighted by atomic mass is 35.5. The molecule has 5 nitrogen and oxygen atoms in total. The average Bonchev–Trinajstić information content (AvgIpc) is 3.44. The Morgan fingerprint density at radius 3 is 2.47 bits per heavy atom. The topological polar surface area (TPSA) is 67.4 Å². The van der Waals surface area contributed by atoms with Gasteiger partial charge in [-0.2, -0.15) is 0 Å². The molecular weight excluding hydrogens is 423 g/mol. The molecule has 152 valence electrons. The molecule has 4 rings (SSSR count). The fourth-order valence-corrected chi connectivity index (χ4v) is 3.21. The van der Waals surface area contributed by atoms with Crippen molar-refractivity contribution < 1.29 is 13.6 Å². The van der Waals surface area contributed by atoms with Crippen molar-refractivity contribution in [3.63, 3.8) is 0 Å². The smallest absolute Gasteiger partial charge is 0.291 e. The molecule has 2 aromatic carbocycles. The van der Waals surface area contributed by atoms with Gasteiger partial charge >= 0.3 is 0 Å². The van der Waals surface area contributed by atoms with Crippen LogP contribution < -0.4 is 10.6 Å². The van der Waals surface area contributed by atoms with E-state index in [1.807, 2.05) is 42.5 Å². The van der Waals surface area contributed by atoms with Crippen LogP contribution in [0.2, 0.25) is 10.0 Å². The summed E-state index contributed by atoms with van der Waals surface area (Å²) in [6.07, 6.45) is 1.47. The maximum atomic E-state index is 12.0. The van der Waals surface area contributed by atoms with Gasteiger partial charge in [0.1, 0.15) is 11.5 Å². The van der Waals surface area contributed by atoms with Crippen molar-refractivity contribution in [3.8, 4) is 11.3 Å². The third kappa shape index (κ3) is 4.94. The molecule has 0 spiro atoms. The van der Waals surface area contributed by atoms with Crippen LogP contribution in [0.5, 0.6) is 0 Å². The maximum Gasteiger partial charge on any atom is 0.291 e. The Hall–Kier alpha value is -2.99. The van der Waals surface area contributed by atoms with Gasteiger partial charge in [-0.05, 0) is 60.2 Å². The lowest BCUT2D eigenvalue weighted by molar-refractivity contribution is 0.0996. The van der Waals surface area contributed by atoms with Crippen LogP contribution in [0.1, 0.15) is 21.9 Å². The number of carbonyl (C=O) groups excluding carboxylic acids is 1. The molecule has 0 bridgehead atoms. The van der Waals surface area contributed by atoms with E-state index < -0.39 is 0 Å². The molecule has 0 unspecified atom stereocenters. The van der Waals surface area contributed by atoms with E-state index in [1.165, 1.54) is 6.26 Å². The molecule has 0 aliphatic rings. The fraction of sp³-hybridized carbons (Fsp3) is 0.0870. The van der Waals surface area contributed by atoms with Crippen molar-refractivity contribution in [3.05, 3.63) is 100 Å². The van der Waals surface area contributed by atoms with Gasteiger partial charge in [0.15, 0.2) is 5.76 Å². The molecule has 0 saturated heterocycles. The first-order chi connectivity index (χ1) is 14.6. The van der Waals surface area contributed by atoms with Crippen molar-refractivity contribution in [1.29, 1.82) is 0 Å². The zero-order valence-corrected chi connectivity index (χ0v) is 17.3. The summed E-state index contributed by atoms with van der Waals surface area (Å²) in [7, 11) is 0. The second-order valence-corrected chi connectivity index (χ2v) is 7.44. The lowest BCUT2D eigenvalue weighted by atomic mass is 10.2. The first-order valence-corrected chi connectivity index (χ1v) is 10.0. The van der Waals surface area contributed by atoms with Gasteiger partial charge in [0, 0.05) is 17.8 Å². The van der Waals surface area contributed by atoms with E-state index in [4.69, 9.17) is 32.0 Å². The quantitative estimate of drug-likeness (QED) is 0.349. The number of benzene rings is 2. The average molecular weight is 441 g/mol. The third-order valence-electron chi connectivity index (χ3n) is 4.45. The highest BCUT2D eigenvalue weighted by molar-refractivity contribution is 6.42. The molecular formula is C23H18Cl2N2O3. The molecule has 7 heteroatoms. The van der Waals surface area contributed by atoms with E-state index in [0.29, 0.717) is 28.8 Å². The minimum Gasteiger partial charge on any atom is -0.460 e. The molecule has 4 aromatic rings. The van der Waals surface area contributed by atoms with Crippen LogP contribution in [-0.2, 0) is 13.1 Å². The van der Waals surface area contributed by atoms with Gasteiger partial charge in [-0.15, -0.1) is 0 Å². The Bertz CT molecular complexity index is 1140. The van der Waals surface area contributed by atoms with Crippen LogP contribution in [0.25, 0.3) is 11.3 Å². The van der Waals surface area contributed by atoms with Crippen molar-refractivity contribution in [2.45, 2.75) is 13.1 Å². The number of carbonyl (C=O) groups is 1. The van der Waals surface area contributed by atoms with Crippen LogP contribution in [0.4, 0.5) is 5.69 Å². The summed E-state index contributed by atoms with van der Waals surface area (Å²) in [5.41, 5.74) is 2.67. The van der Waals surface area contributed by atoms with E-state index in [9.17, 15) is 4.79 Å². The highest BCUT2D eigenvalue weighted by Gasteiger charge is 2.09. The molecule has 1 amide bonds. The minimum atomic E-state index is -0.276. The zero-order valence-electron chi connectivity index (χ0n) is 15.8. The van der Waals surface area contributed by atoms with E-state index in [1.54, 1.807) is 24.3 Å². The maximum absolute atomic E-state index is 12.0. The largest absolute Gasteiger partial charge is 0.460 e. The van der Waals surface area contributed by atoms with Crippen LogP contribution in [0.15, 0.2) is 81.8 Å². The first kappa shape index (κ1) is 20.3. The predicted octanol–water partition coefficient (Wildman–Crippen LogP) is 6.39. The normalized spacial score (nSPS) is 10.9. The first-order valence-electron chi connectivity index (χ1n) is 9.27. The molecule has 2 heterocycles. The van der Waals surface area contributed by atoms with Crippen molar-refractivity contribution in [2.24, 2.45) is 0 Å². The van der Waals surface area contributed by atoms with Gasteiger partial charge in [-0.3, -0.25) is 4.79 Å². The summed E-state index contributed by atoms with van der Waals surface area (Å²) >= 11 is 12.0. The molecule has 2 N–H and O–H groups in total. The Labute approximate surface area is 183 Å². The molecule has 0 aliphatic carbocycles. The molecule has 0 saturated carbocycles. The van der Waals surface area contributed by atoms with Gasteiger partial charge in [0.2, 0.25) is 0 Å². The van der Waals surface area contributed by atoms with Crippen LogP contribution in [0.3, 0.4) is 0 Å². The Balaban J connectivity index is 1.29. The number of furan rings is 2.